The maximum atomic E-state index is 6.06. The van der Waals surface area contributed by atoms with Crippen LogP contribution in [0.15, 0.2) is 30.9 Å². The van der Waals surface area contributed by atoms with Gasteiger partial charge in [0.05, 0.1) is 0 Å². The van der Waals surface area contributed by atoms with Crippen molar-refractivity contribution in [2.45, 2.75) is 6.92 Å². The Morgan fingerprint density at radius 2 is 2.19 bits per heavy atom. The first-order chi connectivity index (χ1) is 7.66. The molecule has 0 saturated heterocycles. The summed E-state index contributed by atoms with van der Waals surface area (Å²) >= 11 is 11.9. The van der Waals surface area contributed by atoms with Crippen molar-refractivity contribution in [1.82, 2.24) is 14.8 Å². The van der Waals surface area contributed by atoms with E-state index in [4.69, 9.17) is 23.2 Å². The standard InChI is InChI=1S/C11H9Cl2N3/c1-8(16-7-14-6-15-16)4-9-2-3-10(12)5-11(9)13/h2-7H,1H3. The summed E-state index contributed by atoms with van der Waals surface area (Å²) < 4.78 is 1.67. The Bertz CT molecular complexity index is 518. The molecule has 0 aliphatic rings. The monoisotopic (exact) mass is 253 g/mol. The minimum Gasteiger partial charge on any atom is -0.225 e. The third kappa shape index (κ3) is 2.43. The summed E-state index contributed by atoms with van der Waals surface area (Å²) in [6.07, 6.45) is 5.05. The SMILES string of the molecule is CC(=Cc1ccc(Cl)cc1Cl)n1cncn1. The summed E-state index contributed by atoms with van der Waals surface area (Å²) in [5.74, 6) is 0. The Balaban J connectivity index is 2.36. The fraction of sp³-hybridized carbons (Fsp3) is 0.0909. The van der Waals surface area contributed by atoms with Crippen molar-refractivity contribution in [3.63, 3.8) is 0 Å². The number of hydrogen-bond donors (Lipinski definition) is 0. The lowest BCUT2D eigenvalue weighted by Crippen LogP contribution is -1.93. The number of hydrogen-bond acceptors (Lipinski definition) is 2. The molecule has 0 atom stereocenters. The molecule has 1 aromatic heterocycles. The van der Waals surface area contributed by atoms with Crippen molar-refractivity contribution in [2.24, 2.45) is 0 Å². The molecule has 82 valence electrons. The summed E-state index contributed by atoms with van der Waals surface area (Å²) in [6, 6.07) is 5.38. The van der Waals surface area contributed by atoms with Gasteiger partial charge in [0.2, 0.25) is 0 Å². The Labute approximate surface area is 103 Å². The lowest BCUT2D eigenvalue weighted by Gasteiger charge is -2.02. The van der Waals surface area contributed by atoms with Gasteiger partial charge < -0.3 is 0 Å². The number of nitrogens with zero attached hydrogens (tertiary/aromatic N) is 3. The van der Waals surface area contributed by atoms with E-state index in [1.54, 1.807) is 23.1 Å². The van der Waals surface area contributed by atoms with Crippen LogP contribution in [-0.2, 0) is 0 Å². The zero-order valence-electron chi connectivity index (χ0n) is 8.56. The molecule has 5 heteroatoms. The van der Waals surface area contributed by atoms with Gasteiger partial charge in [0.15, 0.2) is 0 Å². The molecule has 2 rings (SSSR count). The van der Waals surface area contributed by atoms with Crippen molar-refractivity contribution >= 4 is 35.0 Å². The predicted octanol–water partition coefficient (Wildman–Crippen LogP) is 3.60. The molecule has 0 unspecified atom stereocenters. The molecule has 0 N–H and O–H groups in total. The van der Waals surface area contributed by atoms with Crippen LogP contribution in [-0.4, -0.2) is 14.8 Å². The highest BCUT2D eigenvalue weighted by molar-refractivity contribution is 6.35. The van der Waals surface area contributed by atoms with Crippen LogP contribution in [0.25, 0.3) is 11.8 Å². The summed E-state index contributed by atoms with van der Waals surface area (Å²) in [5, 5.41) is 5.27. The lowest BCUT2D eigenvalue weighted by molar-refractivity contribution is 0.898. The first-order valence-corrected chi connectivity index (χ1v) is 5.41. The molecular formula is C11H9Cl2N3. The normalized spacial score (nSPS) is 11.8. The highest BCUT2D eigenvalue weighted by Gasteiger charge is 2.00. The second kappa shape index (κ2) is 4.68. The van der Waals surface area contributed by atoms with E-state index in [0.717, 1.165) is 11.3 Å². The van der Waals surface area contributed by atoms with E-state index < -0.39 is 0 Å². The fourth-order valence-electron chi connectivity index (χ4n) is 1.30. The van der Waals surface area contributed by atoms with Gasteiger partial charge in [0.25, 0.3) is 0 Å². The molecule has 0 fully saturated rings. The maximum Gasteiger partial charge on any atom is 0.138 e. The average Bonchev–Trinajstić information content (AvgIpc) is 2.75. The summed E-state index contributed by atoms with van der Waals surface area (Å²) in [5.41, 5.74) is 1.83. The van der Waals surface area contributed by atoms with E-state index in [-0.39, 0.29) is 0 Å². The molecule has 0 saturated carbocycles. The molecule has 0 aliphatic carbocycles. The second-order valence-corrected chi connectivity index (χ2v) is 4.14. The molecule has 0 spiro atoms. The Kier molecular flexibility index (Phi) is 3.27. The predicted molar refractivity (Wildman–Crippen MR) is 66.3 cm³/mol. The van der Waals surface area contributed by atoms with Crippen LogP contribution < -0.4 is 0 Å². The highest BCUT2D eigenvalue weighted by Crippen LogP contribution is 2.23. The summed E-state index contributed by atoms with van der Waals surface area (Å²) in [7, 11) is 0. The third-order valence-electron chi connectivity index (χ3n) is 2.11. The summed E-state index contributed by atoms with van der Waals surface area (Å²) in [4.78, 5) is 3.88. The molecule has 1 aromatic carbocycles. The first kappa shape index (κ1) is 11.2. The number of allylic oxidation sites excluding steroid dienone is 1. The van der Waals surface area contributed by atoms with Gasteiger partial charge in [-0.1, -0.05) is 29.3 Å². The van der Waals surface area contributed by atoms with Gasteiger partial charge in [-0.15, -0.1) is 0 Å². The average molecular weight is 254 g/mol. The second-order valence-electron chi connectivity index (χ2n) is 3.29. The molecule has 3 nitrogen and oxygen atoms in total. The van der Waals surface area contributed by atoms with Crippen LogP contribution in [0, 0.1) is 0 Å². The number of aromatic nitrogens is 3. The van der Waals surface area contributed by atoms with Crippen LogP contribution >= 0.6 is 23.2 Å². The number of halogens is 2. The third-order valence-corrected chi connectivity index (χ3v) is 2.67. The van der Waals surface area contributed by atoms with Gasteiger partial charge in [0, 0.05) is 15.7 Å². The van der Waals surface area contributed by atoms with Gasteiger partial charge in [-0.25, -0.2) is 9.67 Å². The van der Waals surface area contributed by atoms with Crippen molar-refractivity contribution in [2.75, 3.05) is 0 Å². The van der Waals surface area contributed by atoms with E-state index >= 15 is 0 Å². The van der Waals surface area contributed by atoms with Crippen molar-refractivity contribution in [1.29, 1.82) is 0 Å². The van der Waals surface area contributed by atoms with Crippen LogP contribution in [0.1, 0.15) is 12.5 Å². The van der Waals surface area contributed by atoms with Crippen molar-refractivity contribution in [3.8, 4) is 0 Å². The van der Waals surface area contributed by atoms with E-state index in [1.165, 1.54) is 6.33 Å². The van der Waals surface area contributed by atoms with E-state index in [1.807, 2.05) is 19.1 Å². The topological polar surface area (TPSA) is 30.7 Å². The van der Waals surface area contributed by atoms with Crippen molar-refractivity contribution < 1.29 is 0 Å². The molecule has 1 heterocycles. The highest BCUT2D eigenvalue weighted by atomic mass is 35.5. The minimum atomic E-state index is 0.618. The number of rotatable bonds is 2. The smallest absolute Gasteiger partial charge is 0.138 e. The lowest BCUT2D eigenvalue weighted by atomic mass is 10.2. The van der Waals surface area contributed by atoms with E-state index in [2.05, 4.69) is 10.1 Å². The van der Waals surface area contributed by atoms with Gasteiger partial charge in [-0.05, 0) is 30.7 Å². The van der Waals surface area contributed by atoms with Gasteiger partial charge >= 0.3 is 0 Å². The molecule has 2 aromatic rings. The Hall–Kier alpha value is -1.32. The Morgan fingerprint density at radius 3 is 2.81 bits per heavy atom. The zero-order chi connectivity index (χ0) is 11.5. The zero-order valence-corrected chi connectivity index (χ0v) is 10.1. The molecule has 16 heavy (non-hydrogen) atoms. The first-order valence-electron chi connectivity index (χ1n) is 4.65. The fourth-order valence-corrected chi connectivity index (χ4v) is 1.76. The van der Waals surface area contributed by atoms with E-state index in [9.17, 15) is 0 Å². The molecule has 0 aliphatic heterocycles. The molecule has 0 radical (unpaired) electrons. The van der Waals surface area contributed by atoms with Gasteiger partial charge in [0.1, 0.15) is 12.7 Å². The van der Waals surface area contributed by atoms with Crippen LogP contribution in [0.2, 0.25) is 10.0 Å². The Morgan fingerprint density at radius 1 is 1.38 bits per heavy atom. The van der Waals surface area contributed by atoms with Crippen LogP contribution in [0.5, 0.6) is 0 Å². The quantitative estimate of drug-likeness (QED) is 0.819. The number of benzene rings is 1. The molecule has 0 amide bonds. The largest absolute Gasteiger partial charge is 0.225 e. The summed E-state index contributed by atoms with van der Waals surface area (Å²) in [6.45, 7) is 1.93. The van der Waals surface area contributed by atoms with Gasteiger partial charge in [-0.3, -0.25) is 0 Å². The van der Waals surface area contributed by atoms with Crippen LogP contribution in [0.3, 0.4) is 0 Å². The van der Waals surface area contributed by atoms with Gasteiger partial charge in [-0.2, -0.15) is 5.10 Å². The maximum absolute atomic E-state index is 6.06. The van der Waals surface area contributed by atoms with Crippen molar-refractivity contribution in [3.05, 3.63) is 46.5 Å². The molecule has 0 bridgehead atoms. The molecular weight excluding hydrogens is 245 g/mol. The van der Waals surface area contributed by atoms with Crippen LogP contribution in [0.4, 0.5) is 0 Å². The minimum absolute atomic E-state index is 0.618. The van der Waals surface area contributed by atoms with E-state index in [0.29, 0.717) is 10.0 Å².